The molecule has 0 aliphatic carbocycles. The van der Waals surface area contributed by atoms with Crippen LogP contribution in [0.4, 0.5) is 10.1 Å². The third kappa shape index (κ3) is 4.96. The van der Waals surface area contributed by atoms with E-state index >= 15 is 0 Å². The zero-order valence-electron chi connectivity index (χ0n) is 14.0. The highest BCUT2D eigenvalue weighted by atomic mass is 19.1. The average molecular weight is 332 g/mol. The van der Waals surface area contributed by atoms with Gasteiger partial charge in [0.15, 0.2) is 0 Å². The third-order valence-electron chi connectivity index (χ3n) is 3.34. The van der Waals surface area contributed by atoms with E-state index in [4.69, 9.17) is 9.47 Å². The molecule has 2 rings (SSSR count). The Morgan fingerprint density at radius 2 is 1.79 bits per heavy atom. The quantitative estimate of drug-likeness (QED) is 0.847. The molecule has 1 N–H and O–H groups in total. The highest BCUT2D eigenvalue weighted by Crippen LogP contribution is 2.19. The summed E-state index contributed by atoms with van der Waals surface area (Å²) in [6.45, 7) is 1.39. The van der Waals surface area contributed by atoms with Crippen molar-refractivity contribution in [1.29, 1.82) is 0 Å². The number of nitrogens with zero attached hydrogens (tertiary/aromatic N) is 1. The number of nitrogens with one attached hydrogen (secondary N) is 1. The summed E-state index contributed by atoms with van der Waals surface area (Å²) in [4.78, 5) is 14.2. The van der Waals surface area contributed by atoms with Crippen LogP contribution in [0.2, 0.25) is 0 Å². The maximum absolute atomic E-state index is 13.9. The molecule has 0 heterocycles. The van der Waals surface area contributed by atoms with Gasteiger partial charge in [0, 0.05) is 18.3 Å². The lowest BCUT2D eigenvalue weighted by molar-refractivity contribution is 0.102. The van der Waals surface area contributed by atoms with E-state index in [9.17, 15) is 9.18 Å². The molecule has 0 aliphatic rings. The van der Waals surface area contributed by atoms with Crippen molar-refractivity contribution in [1.82, 2.24) is 4.90 Å². The smallest absolute Gasteiger partial charge is 0.258 e. The molecule has 5 nitrogen and oxygen atoms in total. The van der Waals surface area contributed by atoms with Crippen molar-refractivity contribution >= 4 is 11.6 Å². The van der Waals surface area contributed by atoms with Crippen molar-refractivity contribution < 1.29 is 18.7 Å². The standard InChI is InChI=1S/C18H21FN2O3/c1-21(2)10-11-24-14-6-4-13(5-7-14)20-18(22)16-9-8-15(23-3)12-17(16)19/h4-9,12H,10-11H2,1-3H3,(H,20,22). The van der Waals surface area contributed by atoms with Gasteiger partial charge >= 0.3 is 0 Å². The molecule has 0 aliphatic heterocycles. The predicted molar refractivity (Wildman–Crippen MR) is 91.4 cm³/mol. The summed E-state index contributed by atoms with van der Waals surface area (Å²) in [5, 5.41) is 2.65. The third-order valence-corrected chi connectivity index (χ3v) is 3.34. The summed E-state index contributed by atoms with van der Waals surface area (Å²) >= 11 is 0. The number of hydrogen-bond donors (Lipinski definition) is 1. The molecule has 0 radical (unpaired) electrons. The number of ether oxygens (including phenoxy) is 2. The highest BCUT2D eigenvalue weighted by Gasteiger charge is 2.12. The van der Waals surface area contributed by atoms with E-state index in [0.29, 0.717) is 23.8 Å². The molecule has 0 atom stereocenters. The molecule has 0 saturated carbocycles. The molecule has 2 aromatic carbocycles. The number of likely N-dealkylation sites (N-methyl/N-ethyl adjacent to an activating group) is 1. The Balaban J connectivity index is 1.97. The number of anilines is 1. The Labute approximate surface area is 141 Å². The van der Waals surface area contributed by atoms with E-state index in [1.165, 1.54) is 19.2 Å². The van der Waals surface area contributed by atoms with Gasteiger partial charge in [-0.05, 0) is 50.5 Å². The van der Waals surface area contributed by atoms with Crippen molar-refractivity contribution in [3.05, 3.63) is 53.8 Å². The van der Waals surface area contributed by atoms with Gasteiger partial charge in [-0.3, -0.25) is 4.79 Å². The number of carbonyl (C=O) groups is 1. The molecule has 0 saturated heterocycles. The van der Waals surface area contributed by atoms with Crippen LogP contribution in [0.5, 0.6) is 11.5 Å². The topological polar surface area (TPSA) is 50.8 Å². The van der Waals surface area contributed by atoms with Gasteiger partial charge in [-0.25, -0.2) is 4.39 Å². The molecule has 24 heavy (non-hydrogen) atoms. The van der Waals surface area contributed by atoms with E-state index < -0.39 is 11.7 Å². The fourth-order valence-corrected chi connectivity index (χ4v) is 1.99. The first-order valence-electron chi connectivity index (χ1n) is 7.52. The second-order valence-corrected chi connectivity index (χ2v) is 5.48. The highest BCUT2D eigenvalue weighted by molar-refractivity contribution is 6.04. The van der Waals surface area contributed by atoms with Gasteiger partial charge in [0.05, 0.1) is 12.7 Å². The molecule has 0 fully saturated rings. The lowest BCUT2D eigenvalue weighted by Crippen LogP contribution is -2.19. The minimum atomic E-state index is -0.629. The first-order valence-corrected chi connectivity index (χ1v) is 7.52. The number of benzene rings is 2. The number of halogens is 1. The molecule has 0 bridgehead atoms. The summed E-state index contributed by atoms with van der Waals surface area (Å²) in [5.74, 6) is -0.0688. The van der Waals surface area contributed by atoms with Gasteiger partial charge in [0.1, 0.15) is 23.9 Å². The van der Waals surface area contributed by atoms with E-state index in [-0.39, 0.29) is 5.56 Å². The number of hydrogen-bond acceptors (Lipinski definition) is 4. The molecular formula is C18H21FN2O3. The van der Waals surface area contributed by atoms with Gasteiger partial charge in [-0.1, -0.05) is 0 Å². The summed E-state index contributed by atoms with van der Waals surface area (Å²) in [7, 11) is 5.39. The van der Waals surface area contributed by atoms with Crippen LogP contribution < -0.4 is 14.8 Å². The lowest BCUT2D eigenvalue weighted by atomic mass is 10.2. The normalized spacial score (nSPS) is 10.5. The Morgan fingerprint density at radius 1 is 1.12 bits per heavy atom. The minimum Gasteiger partial charge on any atom is -0.497 e. The largest absolute Gasteiger partial charge is 0.497 e. The van der Waals surface area contributed by atoms with Crippen LogP contribution in [0.15, 0.2) is 42.5 Å². The maximum Gasteiger partial charge on any atom is 0.258 e. The van der Waals surface area contributed by atoms with Gasteiger partial charge in [0.25, 0.3) is 5.91 Å². The SMILES string of the molecule is COc1ccc(C(=O)Nc2ccc(OCCN(C)C)cc2)c(F)c1. The van der Waals surface area contributed by atoms with Gasteiger partial charge in [-0.15, -0.1) is 0 Å². The summed E-state index contributed by atoms with van der Waals surface area (Å²) in [6.07, 6.45) is 0. The molecule has 128 valence electrons. The van der Waals surface area contributed by atoms with Crippen LogP contribution in [0, 0.1) is 5.82 Å². The van der Waals surface area contributed by atoms with E-state index in [0.717, 1.165) is 6.54 Å². The maximum atomic E-state index is 13.9. The zero-order chi connectivity index (χ0) is 17.5. The van der Waals surface area contributed by atoms with Crippen LogP contribution in [0.25, 0.3) is 0 Å². The number of methoxy groups -OCH3 is 1. The van der Waals surface area contributed by atoms with Crippen molar-refractivity contribution in [3.8, 4) is 11.5 Å². The molecular weight excluding hydrogens is 311 g/mol. The Morgan fingerprint density at radius 3 is 2.38 bits per heavy atom. The van der Waals surface area contributed by atoms with Crippen molar-refractivity contribution in [2.24, 2.45) is 0 Å². The molecule has 1 amide bonds. The second kappa shape index (κ2) is 8.31. The molecule has 0 spiro atoms. The summed E-state index contributed by atoms with van der Waals surface area (Å²) < 4.78 is 24.4. The Bertz CT molecular complexity index is 687. The number of carbonyl (C=O) groups excluding carboxylic acids is 1. The zero-order valence-corrected chi connectivity index (χ0v) is 14.0. The van der Waals surface area contributed by atoms with Gasteiger partial charge in [-0.2, -0.15) is 0 Å². The van der Waals surface area contributed by atoms with Crippen molar-refractivity contribution in [2.45, 2.75) is 0 Å². The van der Waals surface area contributed by atoms with Crippen LogP contribution >= 0.6 is 0 Å². The van der Waals surface area contributed by atoms with Crippen molar-refractivity contribution in [2.75, 3.05) is 39.7 Å². The van der Waals surface area contributed by atoms with E-state index in [2.05, 4.69) is 5.32 Å². The van der Waals surface area contributed by atoms with Crippen molar-refractivity contribution in [3.63, 3.8) is 0 Å². The first-order chi connectivity index (χ1) is 11.5. The Kier molecular flexibility index (Phi) is 6.14. The van der Waals surface area contributed by atoms with Gasteiger partial charge in [0.2, 0.25) is 0 Å². The average Bonchev–Trinajstić information content (AvgIpc) is 2.55. The predicted octanol–water partition coefficient (Wildman–Crippen LogP) is 3.03. The fraction of sp³-hybridized carbons (Fsp3) is 0.278. The minimum absolute atomic E-state index is 0.0397. The lowest BCUT2D eigenvalue weighted by Gasteiger charge is -2.11. The number of amides is 1. The van der Waals surface area contributed by atoms with E-state index in [1.807, 2.05) is 19.0 Å². The summed E-state index contributed by atoms with van der Waals surface area (Å²) in [6, 6.07) is 11.1. The molecule has 2 aromatic rings. The second-order valence-electron chi connectivity index (χ2n) is 5.48. The van der Waals surface area contributed by atoms with Crippen LogP contribution in [-0.2, 0) is 0 Å². The Hall–Kier alpha value is -2.60. The molecule has 6 heteroatoms. The fourth-order valence-electron chi connectivity index (χ4n) is 1.99. The van der Waals surface area contributed by atoms with Crippen LogP contribution in [-0.4, -0.2) is 45.2 Å². The molecule has 0 aromatic heterocycles. The van der Waals surface area contributed by atoms with Gasteiger partial charge < -0.3 is 19.7 Å². The summed E-state index contributed by atoms with van der Waals surface area (Å²) in [5.41, 5.74) is 0.525. The monoisotopic (exact) mass is 332 g/mol. The van der Waals surface area contributed by atoms with Crippen LogP contribution in [0.3, 0.4) is 0 Å². The first kappa shape index (κ1) is 17.7. The van der Waals surface area contributed by atoms with E-state index in [1.54, 1.807) is 30.3 Å². The molecule has 0 unspecified atom stereocenters. The van der Waals surface area contributed by atoms with Crippen LogP contribution in [0.1, 0.15) is 10.4 Å². The number of rotatable bonds is 7.